The van der Waals surface area contributed by atoms with Crippen molar-refractivity contribution in [2.75, 3.05) is 27.9 Å². The molecule has 0 aromatic heterocycles. The van der Waals surface area contributed by atoms with E-state index in [9.17, 15) is 0 Å². The lowest BCUT2D eigenvalue weighted by Gasteiger charge is -2.18. The van der Waals surface area contributed by atoms with Gasteiger partial charge in [-0.25, -0.2) is 0 Å². The van der Waals surface area contributed by atoms with Gasteiger partial charge in [0.1, 0.15) is 11.5 Å². The normalized spacial score (nSPS) is 12.3. The van der Waals surface area contributed by atoms with Crippen molar-refractivity contribution < 1.29 is 14.2 Å². The van der Waals surface area contributed by atoms with Gasteiger partial charge in [0, 0.05) is 19.2 Å². The van der Waals surface area contributed by atoms with Gasteiger partial charge in [-0.1, -0.05) is 0 Å². The van der Waals surface area contributed by atoms with Crippen LogP contribution in [0.4, 0.5) is 0 Å². The first kappa shape index (κ1) is 12.8. The van der Waals surface area contributed by atoms with E-state index in [2.05, 4.69) is 0 Å². The van der Waals surface area contributed by atoms with Crippen LogP contribution in [-0.2, 0) is 4.74 Å². The second-order valence-electron chi connectivity index (χ2n) is 3.52. The molecule has 0 aliphatic carbocycles. The van der Waals surface area contributed by atoms with E-state index in [0.717, 1.165) is 22.6 Å². The monoisotopic (exact) mass is 225 g/mol. The van der Waals surface area contributed by atoms with E-state index >= 15 is 0 Å². The van der Waals surface area contributed by atoms with Gasteiger partial charge >= 0.3 is 0 Å². The number of hydrogen-bond acceptors (Lipinski definition) is 4. The molecule has 90 valence electrons. The van der Waals surface area contributed by atoms with E-state index in [4.69, 9.17) is 19.9 Å². The summed E-state index contributed by atoms with van der Waals surface area (Å²) >= 11 is 0. The molecule has 0 spiro atoms. The van der Waals surface area contributed by atoms with E-state index in [0.29, 0.717) is 6.54 Å². The maximum Gasteiger partial charge on any atom is 0.125 e. The van der Waals surface area contributed by atoms with Gasteiger partial charge in [0.25, 0.3) is 0 Å². The van der Waals surface area contributed by atoms with Gasteiger partial charge in [-0.15, -0.1) is 0 Å². The average molecular weight is 225 g/mol. The highest BCUT2D eigenvalue weighted by Crippen LogP contribution is 2.33. The minimum atomic E-state index is -0.176. The number of benzene rings is 1. The Hall–Kier alpha value is -1.26. The van der Waals surface area contributed by atoms with Crippen molar-refractivity contribution in [1.29, 1.82) is 0 Å². The van der Waals surface area contributed by atoms with Crippen molar-refractivity contribution in [2.45, 2.75) is 13.0 Å². The van der Waals surface area contributed by atoms with Gasteiger partial charge in [0.15, 0.2) is 0 Å². The second kappa shape index (κ2) is 5.72. The third kappa shape index (κ3) is 2.46. The lowest BCUT2D eigenvalue weighted by atomic mass is 10.0. The quantitative estimate of drug-likeness (QED) is 0.828. The minimum absolute atomic E-state index is 0.176. The maximum absolute atomic E-state index is 5.65. The van der Waals surface area contributed by atoms with Gasteiger partial charge < -0.3 is 19.9 Å². The van der Waals surface area contributed by atoms with E-state index in [1.807, 2.05) is 19.1 Å². The third-order valence-electron chi connectivity index (χ3n) is 2.59. The van der Waals surface area contributed by atoms with Crippen molar-refractivity contribution in [3.63, 3.8) is 0 Å². The molecule has 1 atom stereocenters. The molecule has 0 fully saturated rings. The van der Waals surface area contributed by atoms with Crippen LogP contribution < -0.4 is 15.2 Å². The van der Waals surface area contributed by atoms with Crippen molar-refractivity contribution in [1.82, 2.24) is 0 Å². The predicted molar refractivity (Wildman–Crippen MR) is 63.1 cm³/mol. The van der Waals surface area contributed by atoms with Crippen LogP contribution in [-0.4, -0.2) is 27.9 Å². The van der Waals surface area contributed by atoms with E-state index in [1.54, 1.807) is 21.3 Å². The van der Waals surface area contributed by atoms with Gasteiger partial charge in [-0.05, 0) is 24.6 Å². The molecule has 2 N–H and O–H groups in total. The molecule has 1 aromatic carbocycles. The topological polar surface area (TPSA) is 53.7 Å². The summed E-state index contributed by atoms with van der Waals surface area (Å²) in [6, 6.07) is 3.84. The fraction of sp³-hybridized carbons (Fsp3) is 0.500. The van der Waals surface area contributed by atoms with Gasteiger partial charge in [-0.2, -0.15) is 0 Å². The zero-order chi connectivity index (χ0) is 12.1. The zero-order valence-electron chi connectivity index (χ0n) is 10.2. The first-order chi connectivity index (χ1) is 7.67. The van der Waals surface area contributed by atoms with Crippen molar-refractivity contribution >= 4 is 0 Å². The minimum Gasteiger partial charge on any atom is -0.496 e. The average Bonchev–Trinajstić information content (AvgIpc) is 2.31. The maximum atomic E-state index is 5.65. The molecule has 1 rings (SSSR count). The molecule has 4 heteroatoms. The Morgan fingerprint density at radius 3 is 2.19 bits per heavy atom. The highest BCUT2D eigenvalue weighted by atomic mass is 16.5. The molecule has 0 radical (unpaired) electrons. The van der Waals surface area contributed by atoms with Crippen LogP contribution in [0.15, 0.2) is 12.1 Å². The summed E-state index contributed by atoms with van der Waals surface area (Å²) in [5.41, 5.74) is 7.58. The van der Waals surface area contributed by atoms with E-state index in [1.165, 1.54) is 0 Å². The van der Waals surface area contributed by atoms with Crippen LogP contribution in [0.1, 0.15) is 17.2 Å². The first-order valence-corrected chi connectivity index (χ1v) is 5.13. The largest absolute Gasteiger partial charge is 0.496 e. The number of rotatable bonds is 5. The number of aryl methyl sites for hydroxylation is 1. The lowest BCUT2D eigenvalue weighted by molar-refractivity contribution is 0.108. The van der Waals surface area contributed by atoms with Crippen LogP contribution >= 0.6 is 0 Å². The lowest BCUT2D eigenvalue weighted by Crippen LogP contribution is -2.15. The Labute approximate surface area is 96.3 Å². The Balaban J connectivity index is 3.23. The van der Waals surface area contributed by atoms with Crippen LogP contribution in [0.25, 0.3) is 0 Å². The second-order valence-corrected chi connectivity index (χ2v) is 3.52. The smallest absolute Gasteiger partial charge is 0.125 e. The van der Waals surface area contributed by atoms with Crippen LogP contribution in [0.5, 0.6) is 11.5 Å². The van der Waals surface area contributed by atoms with Crippen LogP contribution in [0.3, 0.4) is 0 Å². The third-order valence-corrected chi connectivity index (χ3v) is 2.59. The molecule has 4 nitrogen and oxygen atoms in total. The molecule has 0 saturated heterocycles. The molecule has 0 bridgehead atoms. The Morgan fingerprint density at radius 2 is 1.75 bits per heavy atom. The van der Waals surface area contributed by atoms with Crippen LogP contribution in [0.2, 0.25) is 0 Å². The Morgan fingerprint density at radius 1 is 1.12 bits per heavy atom. The van der Waals surface area contributed by atoms with E-state index < -0.39 is 0 Å². The highest BCUT2D eigenvalue weighted by Gasteiger charge is 2.16. The van der Waals surface area contributed by atoms with Gasteiger partial charge in [0.2, 0.25) is 0 Å². The van der Waals surface area contributed by atoms with Crippen LogP contribution in [0, 0.1) is 6.92 Å². The summed E-state index contributed by atoms with van der Waals surface area (Å²) in [6.45, 7) is 2.37. The molecule has 0 amide bonds. The number of ether oxygens (including phenoxy) is 3. The molecule has 0 aliphatic heterocycles. The van der Waals surface area contributed by atoms with Crippen molar-refractivity contribution in [3.8, 4) is 11.5 Å². The fourth-order valence-corrected chi connectivity index (χ4v) is 1.68. The number of nitrogens with two attached hydrogens (primary N) is 1. The SMILES string of the molecule is COc1cc([C@@H](CN)OC)c(OC)cc1C. The Bertz CT molecular complexity index is 348. The van der Waals surface area contributed by atoms with Crippen molar-refractivity contribution in [2.24, 2.45) is 5.73 Å². The molecule has 1 aromatic rings. The molecule has 16 heavy (non-hydrogen) atoms. The molecule has 0 saturated carbocycles. The highest BCUT2D eigenvalue weighted by molar-refractivity contribution is 5.47. The summed E-state index contributed by atoms with van der Waals surface area (Å²) in [5.74, 6) is 1.59. The summed E-state index contributed by atoms with van der Waals surface area (Å²) in [5, 5.41) is 0. The summed E-state index contributed by atoms with van der Waals surface area (Å²) in [7, 11) is 4.90. The molecule has 0 heterocycles. The van der Waals surface area contributed by atoms with E-state index in [-0.39, 0.29) is 6.10 Å². The molecule has 0 aliphatic rings. The molecular formula is C12H19NO3. The van der Waals surface area contributed by atoms with Crippen molar-refractivity contribution in [3.05, 3.63) is 23.3 Å². The van der Waals surface area contributed by atoms with Gasteiger partial charge in [-0.3, -0.25) is 0 Å². The zero-order valence-corrected chi connectivity index (χ0v) is 10.2. The predicted octanol–water partition coefficient (Wildman–Crippen LogP) is 1.66. The molecular weight excluding hydrogens is 206 g/mol. The summed E-state index contributed by atoms with van der Waals surface area (Å²) in [6.07, 6.45) is -0.176. The standard InChI is InChI=1S/C12H19NO3/c1-8-5-11(15-3)9(6-10(8)14-2)12(7-13)16-4/h5-6,12H,7,13H2,1-4H3/t12-/m1/s1. The first-order valence-electron chi connectivity index (χ1n) is 5.13. The Kier molecular flexibility index (Phi) is 4.58. The number of hydrogen-bond donors (Lipinski definition) is 1. The fourth-order valence-electron chi connectivity index (χ4n) is 1.68. The summed E-state index contributed by atoms with van der Waals surface area (Å²) in [4.78, 5) is 0. The summed E-state index contributed by atoms with van der Waals surface area (Å²) < 4.78 is 15.9. The van der Waals surface area contributed by atoms with Gasteiger partial charge in [0.05, 0.1) is 20.3 Å². The number of methoxy groups -OCH3 is 3. The molecule has 0 unspecified atom stereocenters.